The smallest absolute Gasteiger partial charge is 0.387 e. The number of aliphatic carboxylic acids is 1. The minimum absolute atomic E-state index is 0.145. The van der Waals surface area contributed by atoms with Crippen LogP contribution < -0.4 is 19.3 Å². The molecular weight excluding hydrogens is 374 g/mol. The van der Waals surface area contributed by atoms with Crippen LogP contribution in [0.3, 0.4) is 0 Å². The Morgan fingerprint density at radius 3 is 2.43 bits per heavy atom. The summed E-state index contributed by atoms with van der Waals surface area (Å²) in [5.74, 6) is -1.50. The van der Waals surface area contributed by atoms with Crippen LogP contribution in [0, 0.1) is 0 Å². The lowest BCUT2D eigenvalue weighted by Crippen LogP contribution is -2.28. The van der Waals surface area contributed by atoms with Crippen molar-refractivity contribution in [3.63, 3.8) is 0 Å². The van der Waals surface area contributed by atoms with E-state index in [4.69, 9.17) is 9.47 Å². The van der Waals surface area contributed by atoms with Crippen LogP contribution in [0.5, 0.6) is 17.2 Å². The lowest BCUT2D eigenvalue weighted by Gasteiger charge is -2.13. The Hall–Kier alpha value is -3.42. The first-order valence-electron chi connectivity index (χ1n) is 8.26. The van der Waals surface area contributed by atoms with Gasteiger partial charge in [-0.05, 0) is 49.4 Å². The van der Waals surface area contributed by atoms with Crippen LogP contribution in [0.2, 0.25) is 0 Å². The topological polar surface area (TPSA) is 84.9 Å². The monoisotopic (exact) mass is 391 g/mol. The number of alkyl halides is 2. The number of carbonyl (C=O) groups excluding carboxylic acids is 2. The second kappa shape index (κ2) is 10.1. The van der Waals surface area contributed by atoms with E-state index < -0.39 is 25.0 Å². The van der Waals surface area contributed by atoms with Gasteiger partial charge < -0.3 is 24.1 Å². The van der Waals surface area contributed by atoms with E-state index in [1.54, 1.807) is 13.0 Å². The summed E-state index contributed by atoms with van der Waals surface area (Å²) in [6.07, 6.45) is 2.56. The second-order valence-corrected chi connectivity index (χ2v) is 5.37. The number of hydrogen-bond acceptors (Lipinski definition) is 6. The molecule has 2 rings (SSSR count). The van der Waals surface area contributed by atoms with Crippen LogP contribution in [0.15, 0.2) is 48.5 Å². The standard InChI is InChI=1S/C20H18F2O6/c1-2-26-17-5-3-4-14(19(17)28-20(21)22)8-11-16(23)13-6-9-15(10-7-13)27-12-18(24)25/h3-11,20H,2,12H2,1H3,(H,24,25)/p-1/b11-8+. The van der Waals surface area contributed by atoms with E-state index in [2.05, 4.69) is 4.74 Å². The van der Waals surface area contributed by atoms with Crippen LogP contribution in [0.1, 0.15) is 22.8 Å². The molecule has 0 heterocycles. The molecular formula is C20H17F2O6-. The van der Waals surface area contributed by atoms with Gasteiger partial charge in [-0.2, -0.15) is 8.78 Å². The van der Waals surface area contributed by atoms with Crippen molar-refractivity contribution >= 4 is 17.8 Å². The van der Waals surface area contributed by atoms with E-state index in [1.807, 2.05) is 0 Å². The van der Waals surface area contributed by atoms with E-state index in [9.17, 15) is 23.5 Å². The van der Waals surface area contributed by atoms with Gasteiger partial charge in [-0.25, -0.2) is 0 Å². The zero-order valence-electron chi connectivity index (χ0n) is 14.9. The number of benzene rings is 2. The van der Waals surface area contributed by atoms with Gasteiger partial charge in [-0.3, -0.25) is 4.79 Å². The highest BCUT2D eigenvalue weighted by Gasteiger charge is 2.14. The normalized spacial score (nSPS) is 10.9. The molecule has 2 aromatic carbocycles. The SMILES string of the molecule is CCOc1cccc(/C=C/C(=O)c2ccc(OCC(=O)[O-])cc2)c1OC(F)F. The molecule has 0 fully saturated rings. The molecule has 28 heavy (non-hydrogen) atoms. The second-order valence-electron chi connectivity index (χ2n) is 5.37. The number of halogens is 2. The summed E-state index contributed by atoms with van der Waals surface area (Å²) >= 11 is 0. The highest BCUT2D eigenvalue weighted by molar-refractivity contribution is 6.07. The Bertz CT molecular complexity index is 846. The fraction of sp³-hybridized carbons (Fsp3) is 0.200. The van der Waals surface area contributed by atoms with E-state index in [0.29, 0.717) is 5.56 Å². The zero-order chi connectivity index (χ0) is 20.5. The Kier molecular flexibility index (Phi) is 7.50. The van der Waals surface area contributed by atoms with Crippen LogP contribution in [-0.4, -0.2) is 31.6 Å². The number of ether oxygens (including phenoxy) is 3. The first-order chi connectivity index (χ1) is 13.4. The minimum atomic E-state index is -3.04. The lowest BCUT2D eigenvalue weighted by atomic mass is 10.1. The maximum Gasteiger partial charge on any atom is 0.387 e. The molecule has 0 aliphatic carbocycles. The molecule has 0 saturated carbocycles. The van der Waals surface area contributed by atoms with Gasteiger partial charge in [-0.15, -0.1) is 0 Å². The maximum absolute atomic E-state index is 12.7. The van der Waals surface area contributed by atoms with Gasteiger partial charge in [0.25, 0.3) is 0 Å². The summed E-state index contributed by atoms with van der Waals surface area (Å²) < 4.78 is 40.2. The highest BCUT2D eigenvalue weighted by Crippen LogP contribution is 2.33. The van der Waals surface area contributed by atoms with Gasteiger partial charge in [0.1, 0.15) is 12.4 Å². The van der Waals surface area contributed by atoms with Crippen LogP contribution >= 0.6 is 0 Å². The van der Waals surface area contributed by atoms with Crippen molar-refractivity contribution in [2.45, 2.75) is 13.5 Å². The third-order valence-corrected chi connectivity index (χ3v) is 3.43. The van der Waals surface area contributed by atoms with Crippen LogP contribution in [0.25, 0.3) is 6.08 Å². The molecule has 0 spiro atoms. The zero-order valence-corrected chi connectivity index (χ0v) is 14.9. The molecule has 0 aliphatic heterocycles. The first kappa shape index (κ1) is 20.9. The lowest BCUT2D eigenvalue weighted by molar-refractivity contribution is -0.307. The largest absolute Gasteiger partial charge is 0.546 e. The Morgan fingerprint density at radius 2 is 1.82 bits per heavy atom. The molecule has 6 nitrogen and oxygen atoms in total. The Balaban J connectivity index is 2.17. The van der Waals surface area contributed by atoms with Crippen molar-refractivity contribution in [3.05, 3.63) is 59.7 Å². The summed E-state index contributed by atoms with van der Waals surface area (Å²) in [5.41, 5.74) is 0.558. The van der Waals surface area contributed by atoms with E-state index in [-0.39, 0.29) is 29.4 Å². The van der Waals surface area contributed by atoms with Crippen molar-refractivity contribution in [2.75, 3.05) is 13.2 Å². The number of ketones is 1. The molecule has 0 saturated heterocycles. The predicted molar refractivity (Wildman–Crippen MR) is 94.6 cm³/mol. The average Bonchev–Trinajstić information content (AvgIpc) is 2.66. The number of allylic oxidation sites excluding steroid dienone is 1. The molecule has 8 heteroatoms. The summed E-state index contributed by atoms with van der Waals surface area (Å²) in [6, 6.07) is 10.4. The van der Waals surface area contributed by atoms with E-state index in [1.165, 1.54) is 48.6 Å². The van der Waals surface area contributed by atoms with Crippen LogP contribution in [-0.2, 0) is 4.79 Å². The molecule has 0 amide bonds. The Labute approximate surface area is 160 Å². The summed E-state index contributed by atoms with van der Waals surface area (Å²) in [7, 11) is 0. The number of rotatable bonds is 10. The number of hydrogen-bond donors (Lipinski definition) is 0. The van der Waals surface area contributed by atoms with E-state index >= 15 is 0 Å². The van der Waals surface area contributed by atoms with Crippen molar-refractivity contribution in [3.8, 4) is 17.2 Å². The summed E-state index contributed by atoms with van der Waals surface area (Å²) in [5, 5.41) is 10.4. The predicted octanol–water partition coefficient (Wildman–Crippen LogP) is 2.71. The average molecular weight is 391 g/mol. The van der Waals surface area contributed by atoms with Gasteiger partial charge >= 0.3 is 6.61 Å². The van der Waals surface area contributed by atoms with Gasteiger partial charge in [0.2, 0.25) is 0 Å². The van der Waals surface area contributed by atoms with Crippen molar-refractivity contribution in [1.82, 2.24) is 0 Å². The Morgan fingerprint density at radius 1 is 1.11 bits per heavy atom. The van der Waals surface area contributed by atoms with Crippen LogP contribution in [0.4, 0.5) is 8.78 Å². The van der Waals surface area contributed by atoms with E-state index in [0.717, 1.165) is 0 Å². The van der Waals surface area contributed by atoms with Gasteiger partial charge in [-0.1, -0.05) is 12.1 Å². The number of carboxylic acids is 1. The van der Waals surface area contributed by atoms with Crippen molar-refractivity contribution < 1.29 is 37.7 Å². The number of carboxylic acid groups (broad SMARTS) is 1. The molecule has 0 N–H and O–H groups in total. The summed E-state index contributed by atoms with van der Waals surface area (Å²) in [6.45, 7) is -1.68. The number of carbonyl (C=O) groups is 2. The third-order valence-electron chi connectivity index (χ3n) is 3.43. The van der Waals surface area contributed by atoms with Crippen molar-refractivity contribution in [1.29, 1.82) is 0 Å². The van der Waals surface area contributed by atoms with Gasteiger partial charge in [0, 0.05) is 11.1 Å². The molecule has 0 unspecified atom stereocenters. The minimum Gasteiger partial charge on any atom is -0.546 e. The molecule has 0 radical (unpaired) electrons. The molecule has 2 aromatic rings. The molecule has 148 valence electrons. The quantitative estimate of drug-likeness (QED) is 0.457. The maximum atomic E-state index is 12.7. The molecule has 0 aliphatic rings. The summed E-state index contributed by atoms with van der Waals surface area (Å²) in [4.78, 5) is 22.6. The molecule has 0 atom stereocenters. The highest BCUT2D eigenvalue weighted by atomic mass is 19.3. The third kappa shape index (κ3) is 6.08. The fourth-order valence-electron chi connectivity index (χ4n) is 2.27. The number of para-hydroxylation sites is 1. The first-order valence-corrected chi connectivity index (χ1v) is 8.26. The molecule has 0 bridgehead atoms. The fourth-order valence-corrected chi connectivity index (χ4v) is 2.27. The molecule has 0 aromatic heterocycles. The van der Waals surface area contributed by atoms with Gasteiger partial charge in [0.15, 0.2) is 17.3 Å². The van der Waals surface area contributed by atoms with Gasteiger partial charge in [0.05, 0.1) is 12.6 Å². The van der Waals surface area contributed by atoms with Crippen molar-refractivity contribution in [2.24, 2.45) is 0 Å².